The molecule has 0 saturated heterocycles. The summed E-state index contributed by atoms with van der Waals surface area (Å²) in [4.78, 5) is 20.3. The molecule has 0 aliphatic rings. The van der Waals surface area contributed by atoms with Crippen molar-refractivity contribution in [3.8, 4) is 0 Å². The first-order valence-electron chi connectivity index (χ1n) is 6.39. The summed E-state index contributed by atoms with van der Waals surface area (Å²) < 4.78 is 0. The molecule has 4 nitrogen and oxygen atoms in total. The fourth-order valence-electron chi connectivity index (χ4n) is 1.61. The van der Waals surface area contributed by atoms with E-state index < -0.39 is 0 Å². The molecule has 2 aromatic rings. The molecule has 19 heavy (non-hydrogen) atoms. The predicted octanol–water partition coefficient (Wildman–Crippen LogP) is 2.56. The van der Waals surface area contributed by atoms with Gasteiger partial charge in [-0.2, -0.15) is 0 Å². The van der Waals surface area contributed by atoms with Gasteiger partial charge in [-0.25, -0.2) is 4.98 Å². The zero-order valence-electron chi connectivity index (χ0n) is 11.1. The van der Waals surface area contributed by atoms with Crippen LogP contribution in [0, 0.1) is 0 Å². The summed E-state index contributed by atoms with van der Waals surface area (Å²) in [5.74, 6) is -0.107. The highest BCUT2D eigenvalue weighted by Crippen LogP contribution is 2.09. The SMILES string of the molecule is CCC(C)NC(=O)/C=C/c1cnc2ccccc2n1. The molecule has 1 amide bonds. The van der Waals surface area contributed by atoms with Crippen LogP contribution in [0.15, 0.2) is 36.5 Å². The highest BCUT2D eigenvalue weighted by atomic mass is 16.1. The van der Waals surface area contributed by atoms with Gasteiger partial charge in [-0.15, -0.1) is 0 Å². The zero-order chi connectivity index (χ0) is 13.7. The summed E-state index contributed by atoms with van der Waals surface area (Å²) in [5, 5.41) is 2.86. The van der Waals surface area contributed by atoms with Gasteiger partial charge < -0.3 is 5.32 Å². The molecule has 4 heteroatoms. The van der Waals surface area contributed by atoms with Crippen LogP contribution in [0.2, 0.25) is 0 Å². The Morgan fingerprint density at radius 2 is 2.11 bits per heavy atom. The van der Waals surface area contributed by atoms with Gasteiger partial charge in [0.25, 0.3) is 0 Å². The lowest BCUT2D eigenvalue weighted by Crippen LogP contribution is -2.30. The van der Waals surface area contributed by atoms with Gasteiger partial charge in [0.1, 0.15) is 0 Å². The van der Waals surface area contributed by atoms with Crippen LogP contribution in [0.4, 0.5) is 0 Å². The smallest absolute Gasteiger partial charge is 0.244 e. The van der Waals surface area contributed by atoms with Gasteiger partial charge in [0, 0.05) is 12.1 Å². The maximum Gasteiger partial charge on any atom is 0.244 e. The normalized spacial score (nSPS) is 12.7. The molecule has 98 valence electrons. The van der Waals surface area contributed by atoms with E-state index in [-0.39, 0.29) is 11.9 Å². The van der Waals surface area contributed by atoms with Gasteiger partial charge in [-0.1, -0.05) is 19.1 Å². The number of para-hydroxylation sites is 2. The van der Waals surface area contributed by atoms with Gasteiger partial charge >= 0.3 is 0 Å². The Morgan fingerprint density at radius 3 is 2.84 bits per heavy atom. The Kier molecular flexibility index (Phi) is 4.23. The molecule has 1 N–H and O–H groups in total. The summed E-state index contributed by atoms with van der Waals surface area (Å²) in [6, 6.07) is 7.83. The Labute approximate surface area is 112 Å². The molecule has 0 spiro atoms. The van der Waals surface area contributed by atoms with Gasteiger partial charge in [-0.3, -0.25) is 9.78 Å². The van der Waals surface area contributed by atoms with E-state index in [1.54, 1.807) is 12.3 Å². The largest absolute Gasteiger partial charge is 0.350 e. The van der Waals surface area contributed by atoms with Crippen LogP contribution in [0.25, 0.3) is 17.1 Å². The fourth-order valence-corrected chi connectivity index (χ4v) is 1.61. The molecule has 1 heterocycles. The number of fused-ring (bicyclic) bond motifs is 1. The van der Waals surface area contributed by atoms with Crippen molar-refractivity contribution in [3.63, 3.8) is 0 Å². The average molecular weight is 255 g/mol. The lowest BCUT2D eigenvalue weighted by atomic mass is 10.2. The Bertz CT molecular complexity index is 607. The van der Waals surface area contributed by atoms with Crippen LogP contribution in [0.1, 0.15) is 26.0 Å². The number of nitrogens with zero attached hydrogens (tertiary/aromatic N) is 2. The monoisotopic (exact) mass is 255 g/mol. The molecule has 0 bridgehead atoms. The number of hydrogen-bond donors (Lipinski definition) is 1. The number of aromatic nitrogens is 2. The summed E-state index contributed by atoms with van der Waals surface area (Å²) in [6.45, 7) is 4.00. The van der Waals surface area contributed by atoms with Crippen molar-refractivity contribution in [2.45, 2.75) is 26.3 Å². The zero-order valence-corrected chi connectivity index (χ0v) is 11.1. The van der Waals surface area contributed by atoms with Gasteiger partial charge in [0.2, 0.25) is 5.91 Å². The van der Waals surface area contributed by atoms with E-state index in [2.05, 4.69) is 15.3 Å². The molecule has 0 fully saturated rings. The standard InChI is InChI=1S/C15H17N3O/c1-3-11(2)17-15(19)9-8-12-10-16-13-6-4-5-7-14(13)18-12/h4-11H,3H2,1-2H3,(H,17,19)/b9-8+. The molecule has 1 unspecified atom stereocenters. The number of rotatable bonds is 4. The number of amides is 1. The minimum atomic E-state index is -0.107. The highest BCUT2D eigenvalue weighted by Gasteiger charge is 2.01. The minimum absolute atomic E-state index is 0.107. The molecule has 0 radical (unpaired) electrons. The number of carbonyl (C=O) groups is 1. The quantitative estimate of drug-likeness (QED) is 0.854. The van der Waals surface area contributed by atoms with Crippen molar-refractivity contribution in [1.82, 2.24) is 15.3 Å². The maximum atomic E-state index is 11.6. The second-order valence-electron chi connectivity index (χ2n) is 4.43. The Balaban J connectivity index is 2.10. The molecule has 0 aliphatic heterocycles. The molecule has 0 aliphatic carbocycles. The molecule has 1 aromatic heterocycles. The topological polar surface area (TPSA) is 54.9 Å². The van der Waals surface area contributed by atoms with E-state index >= 15 is 0 Å². The van der Waals surface area contributed by atoms with Crippen molar-refractivity contribution in [1.29, 1.82) is 0 Å². The van der Waals surface area contributed by atoms with Crippen LogP contribution in [-0.4, -0.2) is 21.9 Å². The van der Waals surface area contributed by atoms with Crippen LogP contribution in [-0.2, 0) is 4.79 Å². The number of benzene rings is 1. The van der Waals surface area contributed by atoms with Crippen LogP contribution in [0.3, 0.4) is 0 Å². The predicted molar refractivity (Wildman–Crippen MR) is 76.5 cm³/mol. The van der Waals surface area contributed by atoms with Gasteiger partial charge in [-0.05, 0) is 31.6 Å². The third-order valence-corrected chi connectivity index (χ3v) is 2.87. The fraction of sp³-hybridized carbons (Fsp3) is 0.267. The van der Waals surface area contributed by atoms with Crippen molar-refractivity contribution >= 4 is 23.0 Å². The van der Waals surface area contributed by atoms with Crippen molar-refractivity contribution in [2.75, 3.05) is 0 Å². The Morgan fingerprint density at radius 1 is 1.37 bits per heavy atom. The summed E-state index contributed by atoms with van der Waals surface area (Å²) in [5.41, 5.74) is 2.36. The third kappa shape index (κ3) is 3.61. The van der Waals surface area contributed by atoms with E-state index in [1.165, 1.54) is 6.08 Å². The molecule has 1 aromatic carbocycles. The van der Waals surface area contributed by atoms with E-state index in [4.69, 9.17) is 0 Å². The lowest BCUT2D eigenvalue weighted by molar-refractivity contribution is -0.117. The summed E-state index contributed by atoms with van der Waals surface area (Å²) in [6.07, 6.45) is 5.74. The second kappa shape index (κ2) is 6.09. The molecule has 2 rings (SSSR count). The van der Waals surface area contributed by atoms with Crippen LogP contribution in [0.5, 0.6) is 0 Å². The van der Waals surface area contributed by atoms with Gasteiger partial charge in [0.15, 0.2) is 0 Å². The first-order valence-corrected chi connectivity index (χ1v) is 6.39. The van der Waals surface area contributed by atoms with E-state index in [0.717, 1.165) is 17.5 Å². The summed E-state index contributed by atoms with van der Waals surface area (Å²) >= 11 is 0. The summed E-state index contributed by atoms with van der Waals surface area (Å²) in [7, 11) is 0. The first kappa shape index (κ1) is 13.2. The van der Waals surface area contributed by atoms with Crippen molar-refractivity contribution < 1.29 is 4.79 Å². The molecular weight excluding hydrogens is 238 g/mol. The van der Waals surface area contributed by atoms with Crippen LogP contribution < -0.4 is 5.32 Å². The number of hydrogen-bond acceptors (Lipinski definition) is 3. The van der Waals surface area contributed by atoms with E-state index in [0.29, 0.717) is 5.69 Å². The second-order valence-corrected chi connectivity index (χ2v) is 4.43. The van der Waals surface area contributed by atoms with E-state index in [9.17, 15) is 4.79 Å². The third-order valence-electron chi connectivity index (χ3n) is 2.87. The van der Waals surface area contributed by atoms with Crippen LogP contribution >= 0.6 is 0 Å². The van der Waals surface area contributed by atoms with Crippen molar-refractivity contribution in [2.24, 2.45) is 0 Å². The first-order chi connectivity index (χ1) is 9.19. The van der Waals surface area contributed by atoms with E-state index in [1.807, 2.05) is 38.1 Å². The molecule has 1 atom stereocenters. The highest BCUT2D eigenvalue weighted by molar-refractivity contribution is 5.91. The molecule has 0 saturated carbocycles. The Hall–Kier alpha value is -2.23. The average Bonchev–Trinajstić information content (AvgIpc) is 2.44. The maximum absolute atomic E-state index is 11.6. The van der Waals surface area contributed by atoms with Gasteiger partial charge in [0.05, 0.1) is 22.9 Å². The number of nitrogens with one attached hydrogen (secondary N) is 1. The molecular formula is C15H17N3O. The lowest BCUT2D eigenvalue weighted by Gasteiger charge is -2.08. The minimum Gasteiger partial charge on any atom is -0.350 e. The van der Waals surface area contributed by atoms with Crippen molar-refractivity contribution in [3.05, 3.63) is 42.2 Å². The number of carbonyl (C=O) groups excluding carboxylic acids is 1.